The van der Waals surface area contributed by atoms with Gasteiger partial charge in [-0.25, -0.2) is 0 Å². The van der Waals surface area contributed by atoms with Crippen molar-refractivity contribution < 1.29 is 15.0 Å². The van der Waals surface area contributed by atoms with Crippen molar-refractivity contribution in [2.75, 3.05) is 19.6 Å². The molecular weight excluding hydrogens is 230 g/mol. The quantitative estimate of drug-likeness (QED) is 0.803. The Bertz CT molecular complexity index is 448. The molecule has 0 bridgehead atoms. The summed E-state index contributed by atoms with van der Waals surface area (Å²) in [5.74, 6) is 0.916. The molecule has 1 aliphatic rings. The van der Waals surface area contributed by atoms with Crippen molar-refractivity contribution in [1.29, 1.82) is 0 Å². The SMILES string of the molecule is CC1CN(CC(=O)c2ccc(O)cc2O)CC1C. The van der Waals surface area contributed by atoms with Crippen LogP contribution in [0.5, 0.6) is 11.5 Å². The number of likely N-dealkylation sites (tertiary alicyclic amines) is 1. The third-order valence-corrected chi connectivity index (χ3v) is 3.71. The topological polar surface area (TPSA) is 60.8 Å². The third kappa shape index (κ3) is 2.64. The van der Waals surface area contributed by atoms with Gasteiger partial charge >= 0.3 is 0 Å². The van der Waals surface area contributed by atoms with Gasteiger partial charge in [0.2, 0.25) is 0 Å². The Morgan fingerprint density at radius 3 is 2.44 bits per heavy atom. The van der Waals surface area contributed by atoms with Crippen molar-refractivity contribution in [2.45, 2.75) is 13.8 Å². The summed E-state index contributed by atoms with van der Waals surface area (Å²) in [7, 11) is 0. The standard InChI is InChI=1S/C14H19NO3/c1-9-6-15(7-10(9)2)8-14(18)12-4-3-11(16)5-13(12)17/h3-5,9-10,16-17H,6-8H2,1-2H3. The molecule has 4 nitrogen and oxygen atoms in total. The maximum absolute atomic E-state index is 12.1. The van der Waals surface area contributed by atoms with Crippen molar-refractivity contribution in [3.63, 3.8) is 0 Å². The Morgan fingerprint density at radius 1 is 1.28 bits per heavy atom. The maximum Gasteiger partial charge on any atom is 0.180 e. The van der Waals surface area contributed by atoms with Crippen LogP contribution in [0.15, 0.2) is 18.2 Å². The lowest BCUT2D eigenvalue weighted by Crippen LogP contribution is -2.28. The van der Waals surface area contributed by atoms with Crippen LogP contribution in [0.3, 0.4) is 0 Å². The van der Waals surface area contributed by atoms with Crippen LogP contribution in [-0.4, -0.2) is 40.5 Å². The zero-order valence-corrected chi connectivity index (χ0v) is 10.8. The number of carbonyl (C=O) groups excluding carboxylic acids is 1. The fourth-order valence-electron chi connectivity index (χ4n) is 2.42. The molecule has 0 spiro atoms. The van der Waals surface area contributed by atoms with Crippen molar-refractivity contribution in [2.24, 2.45) is 11.8 Å². The number of phenolic OH excluding ortho intramolecular Hbond substituents is 2. The molecule has 0 saturated carbocycles. The lowest BCUT2D eigenvalue weighted by Gasteiger charge is -2.14. The van der Waals surface area contributed by atoms with E-state index in [2.05, 4.69) is 18.7 Å². The van der Waals surface area contributed by atoms with E-state index < -0.39 is 0 Å². The molecule has 2 unspecified atom stereocenters. The summed E-state index contributed by atoms with van der Waals surface area (Å²) in [6, 6.07) is 4.08. The van der Waals surface area contributed by atoms with Crippen LogP contribution in [0.1, 0.15) is 24.2 Å². The molecule has 2 N–H and O–H groups in total. The second-order valence-electron chi connectivity index (χ2n) is 5.27. The van der Waals surface area contributed by atoms with Crippen molar-refractivity contribution in [1.82, 2.24) is 4.90 Å². The second-order valence-corrected chi connectivity index (χ2v) is 5.27. The van der Waals surface area contributed by atoms with Crippen LogP contribution in [0.4, 0.5) is 0 Å². The predicted octanol–water partition coefficient (Wildman–Crippen LogP) is 1.87. The number of hydrogen-bond acceptors (Lipinski definition) is 4. The van der Waals surface area contributed by atoms with Gasteiger partial charge in [-0.15, -0.1) is 0 Å². The Hall–Kier alpha value is -1.55. The van der Waals surface area contributed by atoms with E-state index in [0.29, 0.717) is 18.4 Å². The average molecular weight is 249 g/mol. The molecule has 1 aliphatic heterocycles. The van der Waals surface area contributed by atoms with Crippen molar-refractivity contribution in [3.05, 3.63) is 23.8 Å². The van der Waals surface area contributed by atoms with Gasteiger partial charge in [0.15, 0.2) is 5.78 Å². The smallest absolute Gasteiger partial charge is 0.180 e. The largest absolute Gasteiger partial charge is 0.508 e. The van der Waals surface area contributed by atoms with Crippen molar-refractivity contribution in [3.8, 4) is 11.5 Å². The van der Waals surface area contributed by atoms with Crippen LogP contribution in [0.25, 0.3) is 0 Å². The number of aromatic hydroxyl groups is 2. The van der Waals surface area contributed by atoms with Gasteiger partial charge in [-0.05, 0) is 24.0 Å². The molecule has 0 aromatic heterocycles. The summed E-state index contributed by atoms with van der Waals surface area (Å²) in [5, 5.41) is 18.8. The summed E-state index contributed by atoms with van der Waals surface area (Å²) in [4.78, 5) is 14.2. The number of nitrogens with zero attached hydrogens (tertiary/aromatic N) is 1. The van der Waals surface area contributed by atoms with Crippen LogP contribution < -0.4 is 0 Å². The second kappa shape index (κ2) is 4.98. The van der Waals surface area contributed by atoms with Gasteiger partial charge in [-0.3, -0.25) is 9.69 Å². The molecule has 98 valence electrons. The first-order chi connectivity index (χ1) is 8.47. The summed E-state index contributed by atoms with van der Waals surface area (Å²) in [6.45, 7) is 6.55. The predicted molar refractivity (Wildman–Crippen MR) is 68.9 cm³/mol. The first kappa shape index (κ1) is 12.9. The molecule has 2 rings (SSSR count). The lowest BCUT2D eigenvalue weighted by atomic mass is 10.0. The first-order valence-corrected chi connectivity index (χ1v) is 6.25. The summed E-state index contributed by atoms with van der Waals surface area (Å²) >= 11 is 0. The molecule has 0 amide bonds. The van der Waals surface area contributed by atoms with E-state index in [1.54, 1.807) is 0 Å². The molecule has 1 heterocycles. The molecule has 18 heavy (non-hydrogen) atoms. The molecule has 1 fully saturated rings. The lowest BCUT2D eigenvalue weighted by molar-refractivity contribution is 0.0940. The Kier molecular flexibility index (Phi) is 3.57. The highest BCUT2D eigenvalue weighted by atomic mass is 16.3. The van der Waals surface area contributed by atoms with E-state index in [1.165, 1.54) is 18.2 Å². The minimum Gasteiger partial charge on any atom is -0.508 e. The highest BCUT2D eigenvalue weighted by Gasteiger charge is 2.27. The Morgan fingerprint density at radius 2 is 1.89 bits per heavy atom. The van der Waals surface area contributed by atoms with Crippen molar-refractivity contribution >= 4 is 5.78 Å². The molecule has 0 aliphatic carbocycles. The van der Waals surface area contributed by atoms with E-state index in [1.807, 2.05) is 0 Å². The minimum atomic E-state index is -0.153. The van der Waals surface area contributed by atoms with Gasteiger partial charge in [0, 0.05) is 19.2 Å². The van der Waals surface area contributed by atoms with E-state index >= 15 is 0 Å². The molecular formula is C14H19NO3. The number of carbonyl (C=O) groups is 1. The molecule has 1 aromatic carbocycles. The summed E-state index contributed by atoms with van der Waals surface area (Å²) in [6.07, 6.45) is 0. The number of Topliss-reactive ketones (excluding diaryl/α,β-unsaturated/α-hetero) is 1. The number of phenols is 2. The van der Waals surface area contributed by atoms with Gasteiger partial charge < -0.3 is 10.2 Å². The van der Waals surface area contributed by atoms with Crippen LogP contribution in [-0.2, 0) is 0 Å². The number of hydrogen-bond donors (Lipinski definition) is 2. The Labute approximate surface area is 107 Å². The first-order valence-electron chi connectivity index (χ1n) is 6.25. The van der Waals surface area contributed by atoms with Gasteiger partial charge in [0.1, 0.15) is 11.5 Å². The van der Waals surface area contributed by atoms with E-state index in [-0.39, 0.29) is 22.8 Å². The van der Waals surface area contributed by atoms with E-state index in [9.17, 15) is 15.0 Å². The molecule has 4 heteroatoms. The average Bonchev–Trinajstić information content (AvgIpc) is 2.57. The number of benzene rings is 1. The zero-order valence-electron chi connectivity index (χ0n) is 10.8. The van der Waals surface area contributed by atoms with E-state index in [4.69, 9.17) is 0 Å². The van der Waals surface area contributed by atoms with Crippen LogP contribution in [0.2, 0.25) is 0 Å². The van der Waals surface area contributed by atoms with Gasteiger partial charge in [-0.1, -0.05) is 13.8 Å². The molecule has 0 radical (unpaired) electrons. The Balaban J connectivity index is 2.04. The van der Waals surface area contributed by atoms with Crippen LogP contribution in [0, 0.1) is 11.8 Å². The van der Waals surface area contributed by atoms with Crippen LogP contribution >= 0.6 is 0 Å². The zero-order chi connectivity index (χ0) is 13.3. The molecule has 1 aromatic rings. The maximum atomic E-state index is 12.1. The third-order valence-electron chi connectivity index (χ3n) is 3.71. The summed E-state index contributed by atoms with van der Waals surface area (Å²) in [5.41, 5.74) is 0.278. The van der Waals surface area contributed by atoms with Gasteiger partial charge in [0.05, 0.1) is 12.1 Å². The highest BCUT2D eigenvalue weighted by molar-refractivity contribution is 6.00. The van der Waals surface area contributed by atoms with Gasteiger partial charge in [0.25, 0.3) is 0 Å². The highest BCUT2D eigenvalue weighted by Crippen LogP contribution is 2.25. The molecule has 2 atom stereocenters. The minimum absolute atomic E-state index is 0.0348. The number of ketones is 1. The molecule has 1 saturated heterocycles. The number of rotatable bonds is 3. The van der Waals surface area contributed by atoms with Gasteiger partial charge in [-0.2, -0.15) is 0 Å². The normalized spacial score (nSPS) is 24.3. The fraction of sp³-hybridized carbons (Fsp3) is 0.500. The van der Waals surface area contributed by atoms with E-state index in [0.717, 1.165) is 13.1 Å². The summed E-state index contributed by atoms with van der Waals surface area (Å²) < 4.78 is 0. The monoisotopic (exact) mass is 249 g/mol. The fourth-order valence-corrected chi connectivity index (χ4v) is 2.42.